The van der Waals surface area contributed by atoms with Gasteiger partial charge in [-0.05, 0) is 38.5 Å². The van der Waals surface area contributed by atoms with Gasteiger partial charge in [0.05, 0.1) is 16.8 Å². The highest BCUT2D eigenvalue weighted by atomic mass is 32.1. The molecule has 2 rings (SSSR count). The molecule has 0 fully saturated rings. The summed E-state index contributed by atoms with van der Waals surface area (Å²) in [6, 6.07) is 5.76. The van der Waals surface area contributed by atoms with E-state index in [9.17, 15) is 9.59 Å². The van der Waals surface area contributed by atoms with Gasteiger partial charge in [0, 0.05) is 6.42 Å². The summed E-state index contributed by atoms with van der Waals surface area (Å²) < 4.78 is 6.21. The number of benzene rings is 1. The lowest BCUT2D eigenvalue weighted by Gasteiger charge is -2.19. The highest BCUT2D eigenvalue weighted by Crippen LogP contribution is 2.23. The Labute approximate surface area is 127 Å². The van der Waals surface area contributed by atoms with Crippen LogP contribution in [-0.4, -0.2) is 23.0 Å². The molecular weight excluding hydrogens is 288 g/mol. The van der Waals surface area contributed by atoms with Crippen LogP contribution in [0.25, 0.3) is 10.2 Å². The Balaban J connectivity index is 2.02. The first-order valence-corrected chi connectivity index (χ1v) is 7.48. The Hall–Kier alpha value is -1.95. The fourth-order valence-corrected chi connectivity index (χ4v) is 2.67. The molecule has 5 nitrogen and oxygen atoms in total. The molecule has 0 unspecified atom stereocenters. The average molecular weight is 306 g/mol. The van der Waals surface area contributed by atoms with Crippen molar-refractivity contribution in [3.63, 3.8) is 0 Å². The van der Waals surface area contributed by atoms with Crippen LogP contribution in [0.15, 0.2) is 18.2 Å². The van der Waals surface area contributed by atoms with E-state index < -0.39 is 11.7 Å². The number of carbonyl (C=O) groups is 2. The number of rotatable bonds is 4. The fraction of sp³-hybridized carbons (Fsp3) is 0.400. The van der Waals surface area contributed by atoms with Gasteiger partial charge in [0.2, 0.25) is 0 Å². The number of aromatic nitrogens is 1. The van der Waals surface area contributed by atoms with Gasteiger partial charge in [0.1, 0.15) is 16.9 Å². The van der Waals surface area contributed by atoms with E-state index in [-0.39, 0.29) is 0 Å². The first kappa shape index (κ1) is 15.4. The topological polar surface area (TPSA) is 68.3 Å². The first-order chi connectivity index (χ1) is 9.87. The van der Waals surface area contributed by atoms with Crippen LogP contribution >= 0.6 is 11.3 Å². The number of thiazole rings is 1. The van der Waals surface area contributed by atoms with Crippen molar-refractivity contribution in [1.82, 2.24) is 10.3 Å². The maximum atomic E-state index is 11.6. The molecule has 0 aliphatic carbocycles. The van der Waals surface area contributed by atoms with Crippen LogP contribution in [0, 0.1) is 0 Å². The van der Waals surface area contributed by atoms with Crippen molar-refractivity contribution in [3.8, 4) is 0 Å². The standard InChI is InChI=1S/C15H18N2O3S/c1-15(2,3)20-14(19)16-9-13-17-11-8-10(6-7-18)4-5-12(11)21-13/h4-5,7-8H,6,9H2,1-3H3,(H,16,19). The third kappa shape index (κ3) is 4.53. The van der Waals surface area contributed by atoms with Crippen molar-refractivity contribution < 1.29 is 14.3 Å². The molecule has 0 aliphatic rings. The van der Waals surface area contributed by atoms with Crippen LogP contribution in [0.1, 0.15) is 31.3 Å². The minimum absolute atomic E-state index is 0.331. The van der Waals surface area contributed by atoms with E-state index in [4.69, 9.17) is 4.74 Å². The number of carbonyl (C=O) groups excluding carboxylic acids is 2. The Kier molecular flexibility index (Phi) is 4.57. The van der Waals surface area contributed by atoms with E-state index in [2.05, 4.69) is 10.3 Å². The maximum absolute atomic E-state index is 11.6. The molecule has 0 radical (unpaired) electrons. The quantitative estimate of drug-likeness (QED) is 0.881. The highest BCUT2D eigenvalue weighted by Gasteiger charge is 2.16. The normalized spacial score (nSPS) is 11.4. The van der Waals surface area contributed by atoms with Gasteiger partial charge in [-0.1, -0.05) is 6.07 Å². The van der Waals surface area contributed by atoms with Gasteiger partial charge >= 0.3 is 6.09 Å². The molecule has 21 heavy (non-hydrogen) atoms. The summed E-state index contributed by atoms with van der Waals surface area (Å²) in [6.45, 7) is 5.79. The Bertz CT molecular complexity index is 658. The minimum Gasteiger partial charge on any atom is -0.444 e. The zero-order valence-electron chi connectivity index (χ0n) is 12.3. The number of hydrogen-bond acceptors (Lipinski definition) is 5. The Morgan fingerprint density at radius 1 is 1.43 bits per heavy atom. The zero-order valence-corrected chi connectivity index (χ0v) is 13.1. The maximum Gasteiger partial charge on any atom is 0.408 e. The van der Waals surface area contributed by atoms with E-state index in [1.165, 1.54) is 11.3 Å². The molecular formula is C15H18N2O3S. The van der Waals surface area contributed by atoms with Gasteiger partial charge in [-0.15, -0.1) is 11.3 Å². The van der Waals surface area contributed by atoms with E-state index >= 15 is 0 Å². The number of amides is 1. The molecule has 2 aromatic rings. The van der Waals surface area contributed by atoms with Gasteiger partial charge < -0.3 is 14.8 Å². The first-order valence-electron chi connectivity index (χ1n) is 6.66. The van der Waals surface area contributed by atoms with Crippen LogP contribution in [0.5, 0.6) is 0 Å². The smallest absolute Gasteiger partial charge is 0.408 e. The van der Waals surface area contributed by atoms with Gasteiger partial charge in [0.25, 0.3) is 0 Å². The molecule has 0 bridgehead atoms. The van der Waals surface area contributed by atoms with Crippen LogP contribution in [-0.2, 0) is 22.5 Å². The third-order valence-electron chi connectivity index (χ3n) is 2.60. The molecule has 1 aromatic carbocycles. The molecule has 0 aliphatic heterocycles. The largest absolute Gasteiger partial charge is 0.444 e. The fourth-order valence-electron chi connectivity index (χ4n) is 1.78. The van der Waals surface area contributed by atoms with Crippen molar-refractivity contribution in [2.75, 3.05) is 0 Å². The minimum atomic E-state index is -0.512. The van der Waals surface area contributed by atoms with Crippen LogP contribution in [0.3, 0.4) is 0 Å². The lowest BCUT2D eigenvalue weighted by atomic mass is 10.1. The van der Waals surface area contributed by atoms with E-state index in [1.54, 1.807) is 0 Å². The second-order valence-electron chi connectivity index (χ2n) is 5.64. The zero-order chi connectivity index (χ0) is 15.5. The predicted molar refractivity (Wildman–Crippen MR) is 82.5 cm³/mol. The van der Waals surface area contributed by atoms with Crippen molar-refractivity contribution in [2.45, 2.75) is 39.3 Å². The van der Waals surface area contributed by atoms with Gasteiger partial charge in [-0.25, -0.2) is 9.78 Å². The molecule has 0 atom stereocenters. The monoisotopic (exact) mass is 306 g/mol. The summed E-state index contributed by atoms with van der Waals surface area (Å²) in [6.07, 6.45) is 0.806. The summed E-state index contributed by atoms with van der Waals surface area (Å²) in [7, 11) is 0. The van der Waals surface area contributed by atoms with Crippen LogP contribution in [0.2, 0.25) is 0 Å². The summed E-state index contributed by atoms with van der Waals surface area (Å²) >= 11 is 1.51. The second kappa shape index (κ2) is 6.22. The molecule has 1 amide bonds. The van der Waals surface area contributed by atoms with Crippen molar-refractivity contribution in [1.29, 1.82) is 0 Å². The molecule has 0 spiro atoms. The Morgan fingerprint density at radius 3 is 2.86 bits per heavy atom. The van der Waals surface area contributed by atoms with Crippen LogP contribution < -0.4 is 5.32 Å². The number of fused-ring (bicyclic) bond motifs is 1. The third-order valence-corrected chi connectivity index (χ3v) is 3.63. The average Bonchev–Trinajstić information content (AvgIpc) is 2.77. The predicted octanol–water partition coefficient (Wildman–Crippen LogP) is 3.06. The second-order valence-corrected chi connectivity index (χ2v) is 6.75. The summed E-state index contributed by atoms with van der Waals surface area (Å²) in [5.74, 6) is 0. The van der Waals surface area contributed by atoms with E-state index in [0.29, 0.717) is 13.0 Å². The van der Waals surface area contributed by atoms with Gasteiger partial charge in [-0.2, -0.15) is 0 Å². The molecule has 0 saturated heterocycles. The number of aldehydes is 1. The highest BCUT2D eigenvalue weighted by molar-refractivity contribution is 7.18. The lowest BCUT2D eigenvalue weighted by molar-refractivity contribution is -0.107. The SMILES string of the molecule is CC(C)(C)OC(=O)NCc1nc2cc(CC=O)ccc2s1. The molecule has 112 valence electrons. The number of ether oxygens (including phenoxy) is 1. The van der Waals surface area contributed by atoms with E-state index in [1.807, 2.05) is 39.0 Å². The van der Waals surface area contributed by atoms with Crippen molar-refractivity contribution in [2.24, 2.45) is 0 Å². The number of nitrogens with zero attached hydrogens (tertiary/aromatic N) is 1. The van der Waals surface area contributed by atoms with Crippen molar-refractivity contribution in [3.05, 3.63) is 28.8 Å². The van der Waals surface area contributed by atoms with Crippen LogP contribution in [0.4, 0.5) is 4.79 Å². The number of alkyl carbamates (subject to hydrolysis) is 1. The summed E-state index contributed by atoms with van der Waals surface area (Å²) in [5, 5.41) is 3.49. The molecule has 1 N–H and O–H groups in total. The van der Waals surface area contributed by atoms with Gasteiger partial charge in [0.15, 0.2) is 0 Å². The number of nitrogens with one attached hydrogen (secondary N) is 1. The molecule has 1 aromatic heterocycles. The molecule has 1 heterocycles. The summed E-state index contributed by atoms with van der Waals surface area (Å²) in [4.78, 5) is 26.6. The molecule has 6 heteroatoms. The number of hydrogen-bond donors (Lipinski definition) is 1. The molecule has 0 saturated carbocycles. The Morgan fingerprint density at radius 2 is 2.19 bits per heavy atom. The lowest BCUT2D eigenvalue weighted by Crippen LogP contribution is -2.32. The van der Waals surface area contributed by atoms with Crippen molar-refractivity contribution >= 4 is 33.9 Å². The summed E-state index contributed by atoms with van der Waals surface area (Å²) in [5.41, 5.74) is 1.27. The van der Waals surface area contributed by atoms with E-state index in [0.717, 1.165) is 27.1 Å². The van der Waals surface area contributed by atoms with Gasteiger partial charge in [-0.3, -0.25) is 0 Å².